The van der Waals surface area contributed by atoms with E-state index in [1.165, 1.54) is 4.90 Å². The fourth-order valence-corrected chi connectivity index (χ4v) is 3.83. The second kappa shape index (κ2) is 6.98. The van der Waals surface area contributed by atoms with Gasteiger partial charge in [-0.25, -0.2) is 4.99 Å². The number of carbonyl (C=O) groups is 2. The molecule has 1 aromatic heterocycles. The van der Waals surface area contributed by atoms with Crippen LogP contribution < -0.4 is 5.73 Å². The van der Waals surface area contributed by atoms with E-state index in [9.17, 15) is 9.59 Å². The molecule has 0 fully saturated rings. The predicted octanol–water partition coefficient (Wildman–Crippen LogP) is 3.27. The molecule has 1 unspecified atom stereocenters. The Balaban J connectivity index is 1.88. The van der Waals surface area contributed by atoms with Crippen LogP contribution >= 0.6 is 34.7 Å². The van der Waals surface area contributed by atoms with Gasteiger partial charge < -0.3 is 5.73 Å². The molecule has 1 atom stereocenters. The lowest BCUT2D eigenvalue weighted by molar-refractivity contribution is -0.128. The smallest absolute Gasteiger partial charge is 0.231 e. The van der Waals surface area contributed by atoms with E-state index in [0.717, 1.165) is 22.7 Å². The lowest BCUT2D eigenvalue weighted by Gasteiger charge is -2.33. The molecular formula is C17H16Cl2N4O2S. The Labute approximate surface area is 164 Å². The number of aromatic nitrogens is 1. The maximum atomic E-state index is 12.5. The molecule has 0 spiro atoms. The topological polar surface area (TPSA) is 88.7 Å². The molecule has 0 saturated carbocycles. The van der Waals surface area contributed by atoms with Crippen LogP contribution in [0.5, 0.6) is 0 Å². The Hall–Kier alpha value is -1.96. The van der Waals surface area contributed by atoms with Crippen molar-refractivity contribution in [2.75, 3.05) is 7.05 Å². The van der Waals surface area contributed by atoms with Crippen molar-refractivity contribution in [3.63, 3.8) is 0 Å². The zero-order valence-corrected chi connectivity index (χ0v) is 16.5. The highest BCUT2D eigenvalue weighted by Crippen LogP contribution is 2.34. The molecule has 0 radical (unpaired) electrons. The number of hydrogen-bond acceptors (Lipinski definition) is 6. The SMILES string of the molecule is CN1C(=O)CC(C)(c2cccc(CC(=O)c3nsc(Cl)c3Cl)c2)N=C1N. The first-order valence-corrected chi connectivity index (χ1v) is 9.29. The van der Waals surface area contributed by atoms with Gasteiger partial charge in [0.05, 0.1) is 12.0 Å². The fraction of sp³-hybridized carbons (Fsp3) is 0.294. The average Bonchev–Trinajstić information content (AvgIpc) is 2.92. The molecule has 26 heavy (non-hydrogen) atoms. The third kappa shape index (κ3) is 3.47. The van der Waals surface area contributed by atoms with Gasteiger partial charge in [0.25, 0.3) is 0 Å². The number of amides is 1. The number of halogens is 2. The maximum absolute atomic E-state index is 12.5. The van der Waals surface area contributed by atoms with E-state index in [2.05, 4.69) is 9.37 Å². The second-order valence-corrected chi connectivity index (χ2v) is 8.05. The Morgan fingerprint density at radius 1 is 1.42 bits per heavy atom. The van der Waals surface area contributed by atoms with E-state index in [1.54, 1.807) is 7.05 Å². The minimum atomic E-state index is -0.770. The number of hydrogen-bond donors (Lipinski definition) is 1. The van der Waals surface area contributed by atoms with Crippen LogP contribution in [0.2, 0.25) is 9.36 Å². The second-order valence-electron chi connectivity index (χ2n) is 6.29. The summed E-state index contributed by atoms with van der Waals surface area (Å²) in [5.74, 6) is -0.151. The van der Waals surface area contributed by atoms with Crippen molar-refractivity contribution in [2.45, 2.75) is 25.3 Å². The molecule has 2 heterocycles. The highest BCUT2D eigenvalue weighted by Gasteiger charge is 2.36. The first kappa shape index (κ1) is 18.8. The lowest BCUT2D eigenvalue weighted by Crippen LogP contribution is -2.47. The van der Waals surface area contributed by atoms with Gasteiger partial charge in [0.1, 0.15) is 15.1 Å². The number of nitrogens with zero attached hydrogens (tertiary/aromatic N) is 3. The van der Waals surface area contributed by atoms with E-state index in [1.807, 2.05) is 31.2 Å². The molecule has 136 valence electrons. The van der Waals surface area contributed by atoms with Gasteiger partial charge in [-0.15, -0.1) is 0 Å². The lowest BCUT2D eigenvalue weighted by atomic mass is 9.86. The monoisotopic (exact) mass is 410 g/mol. The van der Waals surface area contributed by atoms with E-state index < -0.39 is 5.54 Å². The van der Waals surface area contributed by atoms with Gasteiger partial charge in [-0.3, -0.25) is 14.5 Å². The predicted molar refractivity (Wildman–Crippen MR) is 103 cm³/mol. The molecular weight excluding hydrogens is 395 g/mol. The molecule has 6 nitrogen and oxygen atoms in total. The van der Waals surface area contributed by atoms with Gasteiger partial charge in [-0.2, -0.15) is 4.37 Å². The number of nitrogens with two attached hydrogens (primary N) is 1. The summed E-state index contributed by atoms with van der Waals surface area (Å²) in [5, 5.41) is 0.183. The third-order valence-electron chi connectivity index (χ3n) is 4.35. The van der Waals surface area contributed by atoms with Gasteiger partial charge in [-0.05, 0) is 29.6 Å². The van der Waals surface area contributed by atoms with Crippen LogP contribution in [-0.4, -0.2) is 34.0 Å². The fourth-order valence-electron chi connectivity index (χ4n) is 2.79. The quantitative estimate of drug-likeness (QED) is 0.783. The minimum absolute atomic E-state index is 0.106. The molecule has 0 aliphatic carbocycles. The normalized spacial score (nSPS) is 20.2. The molecule has 1 aromatic carbocycles. The van der Waals surface area contributed by atoms with E-state index in [-0.39, 0.29) is 41.2 Å². The average molecular weight is 411 g/mol. The van der Waals surface area contributed by atoms with Crippen molar-refractivity contribution in [3.8, 4) is 0 Å². The van der Waals surface area contributed by atoms with Crippen molar-refractivity contribution < 1.29 is 9.59 Å². The van der Waals surface area contributed by atoms with Gasteiger partial charge in [0.15, 0.2) is 11.7 Å². The summed E-state index contributed by atoms with van der Waals surface area (Å²) in [5.41, 5.74) is 6.86. The largest absolute Gasteiger partial charge is 0.369 e. The van der Waals surface area contributed by atoms with Crippen LogP contribution in [0.4, 0.5) is 0 Å². The Morgan fingerprint density at radius 2 is 2.15 bits per heavy atom. The van der Waals surface area contributed by atoms with Crippen molar-refractivity contribution in [2.24, 2.45) is 10.7 Å². The summed E-state index contributed by atoms with van der Waals surface area (Å²) in [6.07, 6.45) is 0.325. The maximum Gasteiger partial charge on any atom is 0.231 e. The molecule has 1 aliphatic heterocycles. The van der Waals surface area contributed by atoms with E-state index in [0.29, 0.717) is 4.34 Å². The Bertz CT molecular complexity index is 927. The standard InChI is InChI=1S/C17H16Cl2N4O2S/c1-17(8-12(25)23(2)16(20)21-17)10-5-3-4-9(6-10)7-11(24)14-13(18)15(19)26-22-14/h3-6H,7-8H2,1-2H3,(H2,20,21). The van der Waals surface area contributed by atoms with Gasteiger partial charge in [-0.1, -0.05) is 47.5 Å². The Morgan fingerprint density at radius 3 is 2.77 bits per heavy atom. The van der Waals surface area contributed by atoms with Gasteiger partial charge in [0.2, 0.25) is 5.91 Å². The summed E-state index contributed by atoms with van der Waals surface area (Å²) in [4.78, 5) is 30.4. The summed E-state index contributed by atoms with van der Waals surface area (Å²) in [6.45, 7) is 1.85. The first-order chi connectivity index (χ1) is 12.2. The minimum Gasteiger partial charge on any atom is -0.369 e. The molecule has 2 aromatic rings. The van der Waals surface area contributed by atoms with Crippen molar-refractivity contribution >= 4 is 52.4 Å². The first-order valence-electron chi connectivity index (χ1n) is 7.76. The number of Topliss-reactive ketones (excluding diaryl/α,β-unsaturated/α-hetero) is 1. The van der Waals surface area contributed by atoms with E-state index in [4.69, 9.17) is 28.9 Å². The summed E-state index contributed by atoms with van der Waals surface area (Å²) >= 11 is 12.9. The molecule has 3 rings (SSSR count). The van der Waals surface area contributed by atoms with Crippen molar-refractivity contribution in [3.05, 3.63) is 50.4 Å². The van der Waals surface area contributed by atoms with Crippen molar-refractivity contribution in [1.82, 2.24) is 9.27 Å². The molecule has 0 bridgehead atoms. The number of guanidine groups is 1. The zero-order chi connectivity index (χ0) is 19.1. The van der Waals surface area contributed by atoms with Gasteiger partial charge in [0, 0.05) is 13.5 Å². The van der Waals surface area contributed by atoms with Gasteiger partial charge >= 0.3 is 0 Å². The number of rotatable bonds is 4. The number of ketones is 1. The Kier molecular flexibility index (Phi) is 5.05. The number of carbonyl (C=O) groups excluding carboxylic acids is 2. The van der Waals surface area contributed by atoms with Crippen LogP contribution in [0, 0.1) is 0 Å². The van der Waals surface area contributed by atoms with Crippen LogP contribution in [0.1, 0.15) is 35.0 Å². The highest BCUT2D eigenvalue weighted by molar-refractivity contribution is 7.11. The molecule has 9 heteroatoms. The van der Waals surface area contributed by atoms with Crippen LogP contribution in [0.25, 0.3) is 0 Å². The molecule has 2 N–H and O–H groups in total. The van der Waals surface area contributed by atoms with Crippen LogP contribution in [-0.2, 0) is 16.8 Å². The summed E-state index contributed by atoms with van der Waals surface area (Å²) in [6, 6.07) is 7.38. The number of benzene rings is 1. The highest BCUT2D eigenvalue weighted by atomic mass is 35.5. The third-order valence-corrected chi connectivity index (χ3v) is 5.96. The summed E-state index contributed by atoms with van der Waals surface area (Å²) in [7, 11) is 1.60. The number of aliphatic imine (C=N–C) groups is 1. The van der Waals surface area contributed by atoms with E-state index >= 15 is 0 Å². The van der Waals surface area contributed by atoms with Crippen LogP contribution in [0.15, 0.2) is 29.3 Å². The van der Waals surface area contributed by atoms with Crippen LogP contribution in [0.3, 0.4) is 0 Å². The molecule has 1 amide bonds. The zero-order valence-electron chi connectivity index (χ0n) is 14.1. The molecule has 0 saturated heterocycles. The molecule has 1 aliphatic rings. The van der Waals surface area contributed by atoms with Crippen molar-refractivity contribution in [1.29, 1.82) is 0 Å². The summed E-state index contributed by atoms with van der Waals surface area (Å²) < 4.78 is 4.30.